The molecule has 1 aliphatic heterocycles. The fourth-order valence-corrected chi connectivity index (χ4v) is 3.25. The summed E-state index contributed by atoms with van der Waals surface area (Å²) in [6.45, 7) is 3.50. The van der Waals surface area contributed by atoms with Crippen LogP contribution < -0.4 is 5.32 Å². The Balaban J connectivity index is 2.14. The fourth-order valence-electron chi connectivity index (χ4n) is 2.75. The van der Waals surface area contributed by atoms with Crippen LogP contribution in [0, 0.1) is 5.82 Å². The van der Waals surface area contributed by atoms with E-state index < -0.39 is 17.6 Å². The smallest absolute Gasteiger partial charge is 0.278 e. The molecule has 1 heterocycles. The largest absolute Gasteiger partial charge is 0.350 e. The molecule has 26 heavy (non-hydrogen) atoms. The number of rotatable bonds is 4. The van der Waals surface area contributed by atoms with Gasteiger partial charge in [-0.05, 0) is 50.2 Å². The molecule has 0 aromatic heterocycles. The van der Waals surface area contributed by atoms with Crippen LogP contribution in [-0.2, 0) is 9.59 Å². The minimum absolute atomic E-state index is 0.0968. The summed E-state index contributed by atoms with van der Waals surface area (Å²) < 4.78 is 13.1. The molecular formula is C19H15Cl2FN2O2. The van der Waals surface area contributed by atoms with E-state index in [0.29, 0.717) is 16.3 Å². The summed E-state index contributed by atoms with van der Waals surface area (Å²) in [5.41, 5.74) is 1.15. The van der Waals surface area contributed by atoms with E-state index in [-0.39, 0.29) is 22.3 Å². The molecule has 0 saturated carbocycles. The van der Waals surface area contributed by atoms with Gasteiger partial charge in [-0.1, -0.05) is 29.3 Å². The Morgan fingerprint density at radius 3 is 2.23 bits per heavy atom. The number of nitrogens with one attached hydrogen (secondary N) is 1. The lowest BCUT2D eigenvalue weighted by Crippen LogP contribution is -2.38. The highest BCUT2D eigenvalue weighted by atomic mass is 35.5. The highest BCUT2D eigenvalue weighted by Crippen LogP contribution is 2.36. The highest BCUT2D eigenvalue weighted by Gasteiger charge is 2.41. The molecule has 4 nitrogen and oxygen atoms in total. The highest BCUT2D eigenvalue weighted by molar-refractivity contribution is 6.41. The molecule has 2 aromatic carbocycles. The van der Waals surface area contributed by atoms with E-state index in [1.807, 2.05) is 0 Å². The fraction of sp³-hybridized carbons (Fsp3) is 0.158. The van der Waals surface area contributed by atoms with E-state index in [1.165, 1.54) is 30.3 Å². The van der Waals surface area contributed by atoms with Crippen molar-refractivity contribution in [2.75, 3.05) is 5.32 Å². The maximum atomic E-state index is 13.1. The third kappa shape index (κ3) is 3.32. The molecule has 0 fully saturated rings. The Bertz CT molecular complexity index is 924. The van der Waals surface area contributed by atoms with Crippen LogP contribution in [0.25, 0.3) is 5.57 Å². The summed E-state index contributed by atoms with van der Waals surface area (Å²) in [4.78, 5) is 26.9. The van der Waals surface area contributed by atoms with Crippen molar-refractivity contribution in [2.45, 2.75) is 19.9 Å². The van der Waals surface area contributed by atoms with Crippen LogP contribution in [0.3, 0.4) is 0 Å². The van der Waals surface area contributed by atoms with Crippen molar-refractivity contribution >= 4 is 46.3 Å². The van der Waals surface area contributed by atoms with E-state index in [0.717, 1.165) is 4.90 Å². The van der Waals surface area contributed by atoms with Crippen LogP contribution in [0.1, 0.15) is 19.4 Å². The van der Waals surface area contributed by atoms with Gasteiger partial charge in [0, 0.05) is 22.3 Å². The average molecular weight is 393 g/mol. The van der Waals surface area contributed by atoms with E-state index in [9.17, 15) is 14.0 Å². The molecule has 0 unspecified atom stereocenters. The van der Waals surface area contributed by atoms with Crippen molar-refractivity contribution in [2.24, 2.45) is 0 Å². The molecule has 0 radical (unpaired) electrons. The van der Waals surface area contributed by atoms with Crippen molar-refractivity contribution in [3.05, 3.63) is 69.6 Å². The Hall–Kier alpha value is -2.37. The molecule has 0 aliphatic carbocycles. The van der Waals surface area contributed by atoms with Crippen LogP contribution in [-0.4, -0.2) is 22.8 Å². The molecular weight excluding hydrogens is 378 g/mol. The maximum Gasteiger partial charge on any atom is 0.278 e. The second-order valence-corrected chi connectivity index (χ2v) is 6.92. The normalized spacial score (nSPS) is 14.6. The van der Waals surface area contributed by atoms with Gasteiger partial charge in [-0.15, -0.1) is 0 Å². The molecule has 0 saturated heterocycles. The second-order valence-electron chi connectivity index (χ2n) is 6.08. The van der Waals surface area contributed by atoms with Gasteiger partial charge in [-0.25, -0.2) is 4.39 Å². The Kier molecular flexibility index (Phi) is 5.03. The summed E-state index contributed by atoms with van der Waals surface area (Å²) >= 11 is 12.2. The number of nitrogens with zero attached hydrogens (tertiary/aromatic N) is 1. The first-order valence-corrected chi connectivity index (χ1v) is 8.65. The Morgan fingerprint density at radius 2 is 1.65 bits per heavy atom. The van der Waals surface area contributed by atoms with Gasteiger partial charge in [0.15, 0.2) is 0 Å². The number of anilines is 1. The lowest BCUT2D eigenvalue weighted by Gasteiger charge is -2.19. The molecule has 7 heteroatoms. The Morgan fingerprint density at radius 1 is 1.00 bits per heavy atom. The number of hydrogen-bond donors (Lipinski definition) is 1. The topological polar surface area (TPSA) is 49.4 Å². The molecule has 1 N–H and O–H groups in total. The van der Waals surface area contributed by atoms with Gasteiger partial charge >= 0.3 is 0 Å². The molecule has 0 spiro atoms. The monoisotopic (exact) mass is 392 g/mol. The predicted octanol–water partition coefficient (Wildman–Crippen LogP) is 4.73. The molecule has 1 aliphatic rings. The number of carbonyl (C=O) groups is 2. The minimum atomic E-state index is -0.463. The summed E-state index contributed by atoms with van der Waals surface area (Å²) in [5, 5.41) is 3.62. The van der Waals surface area contributed by atoms with E-state index >= 15 is 0 Å². The molecule has 0 atom stereocenters. The summed E-state index contributed by atoms with van der Waals surface area (Å²) in [5.74, 6) is -1.31. The van der Waals surface area contributed by atoms with Gasteiger partial charge in [0.25, 0.3) is 11.8 Å². The summed E-state index contributed by atoms with van der Waals surface area (Å²) in [6.07, 6.45) is 0. The molecule has 3 rings (SSSR count). The Labute approximate surface area is 160 Å². The van der Waals surface area contributed by atoms with E-state index in [2.05, 4.69) is 5.32 Å². The van der Waals surface area contributed by atoms with Gasteiger partial charge < -0.3 is 5.32 Å². The van der Waals surface area contributed by atoms with Crippen molar-refractivity contribution in [3.8, 4) is 0 Å². The van der Waals surface area contributed by atoms with Gasteiger partial charge in [0.2, 0.25) is 0 Å². The zero-order chi connectivity index (χ0) is 19.0. The predicted molar refractivity (Wildman–Crippen MR) is 100 cm³/mol. The number of benzene rings is 2. The van der Waals surface area contributed by atoms with Crippen LogP contribution in [0.15, 0.2) is 48.2 Å². The molecule has 2 amide bonds. The average Bonchev–Trinajstić information content (AvgIpc) is 2.80. The molecule has 134 valence electrons. The molecule has 2 aromatic rings. The van der Waals surface area contributed by atoms with Crippen LogP contribution in [0.4, 0.5) is 10.1 Å². The summed E-state index contributed by atoms with van der Waals surface area (Å²) in [6, 6.07) is 9.87. The van der Waals surface area contributed by atoms with E-state index in [4.69, 9.17) is 23.2 Å². The van der Waals surface area contributed by atoms with E-state index in [1.54, 1.807) is 26.0 Å². The first-order chi connectivity index (χ1) is 12.3. The second kappa shape index (κ2) is 7.09. The number of halogens is 3. The van der Waals surface area contributed by atoms with Crippen molar-refractivity contribution < 1.29 is 14.0 Å². The van der Waals surface area contributed by atoms with Gasteiger partial charge in [-0.3, -0.25) is 14.5 Å². The number of amides is 2. The first-order valence-electron chi connectivity index (χ1n) is 7.89. The van der Waals surface area contributed by atoms with Crippen molar-refractivity contribution in [3.63, 3.8) is 0 Å². The van der Waals surface area contributed by atoms with Gasteiger partial charge in [0.1, 0.15) is 11.5 Å². The van der Waals surface area contributed by atoms with Gasteiger partial charge in [-0.2, -0.15) is 0 Å². The minimum Gasteiger partial charge on any atom is -0.350 e. The number of hydrogen-bond acceptors (Lipinski definition) is 3. The zero-order valence-electron chi connectivity index (χ0n) is 14.0. The summed E-state index contributed by atoms with van der Waals surface area (Å²) in [7, 11) is 0. The standard InChI is InChI=1S/C19H15Cl2FN2O2/c1-10(2)24-18(25)16(14-8-3-11(20)9-15(14)21)17(19(24)26)23-13-6-4-12(22)5-7-13/h3-10,23H,1-2H3. The third-order valence-electron chi connectivity index (χ3n) is 3.95. The third-order valence-corrected chi connectivity index (χ3v) is 4.49. The molecule has 0 bridgehead atoms. The first kappa shape index (κ1) is 18.4. The van der Waals surface area contributed by atoms with Crippen molar-refractivity contribution in [1.82, 2.24) is 4.90 Å². The number of imide groups is 1. The van der Waals surface area contributed by atoms with Crippen LogP contribution >= 0.6 is 23.2 Å². The zero-order valence-corrected chi connectivity index (χ0v) is 15.5. The van der Waals surface area contributed by atoms with Crippen LogP contribution in [0.2, 0.25) is 10.0 Å². The number of carbonyl (C=O) groups excluding carboxylic acids is 2. The van der Waals surface area contributed by atoms with Gasteiger partial charge in [0.05, 0.1) is 10.6 Å². The SMILES string of the molecule is CC(C)N1C(=O)C(Nc2ccc(F)cc2)=C(c2ccc(Cl)cc2Cl)C1=O. The maximum absolute atomic E-state index is 13.1. The van der Waals surface area contributed by atoms with Crippen LogP contribution in [0.5, 0.6) is 0 Å². The lowest BCUT2D eigenvalue weighted by molar-refractivity contribution is -0.138. The van der Waals surface area contributed by atoms with Crippen molar-refractivity contribution in [1.29, 1.82) is 0 Å². The quantitative estimate of drug-likeness (QED) is 0.764. The lowest BCUT2D eigenvalue weighted by atomic mass is 10.0.